The Morgan fingerprint density at radius 1 is 0.938 bits per heavy atom. The first-order chi connectivity index (χ1) is 15.1. The van der Waals surface area contributed by atoms with Gasteiger partial charge in [-0.15, -0.1) is 24.0 Å². The van der Waals surface area contributed by atoms with Gasteiger partial charge in [-0.1, -0.05) is 24.3 Å². The van der Waals surface area contributed by atoms with Gasteiger partial charge in [0.1, 0.15) is 5.75 Å². The summed E-state index contributed by atoms with van der Waals surface area (Å²) in [6.07, 6.45) is 0.851. The van der Waals surface area contributed by atoms with E-state index in [1.165, 1.54) is 0 Å². The van der Waals surface area contributed by atoms with Gasteiger partial charge in [0.05, 0.1) is 27.4 Å². The Balaban J connectivity index is 0.00000512. The SMILES string of the molecule is CCNC(=NCc1cccc(OC)c1OC)NCc1ccc(C)cc1OCCCOC.I. The third-order valence-electron chi connectivity index (χ3n) is 4.66. The third kappa shape index (κ3) is 8.74. The minimum absolute atomic E-state index is 0. The van der Waals surface area contributed by atoms with E-state index in [2.05, 4.69) is 35.8 Å². The van der Waals surface area contributed by atoms with Gasteiger partial charge < -0.3 is 29.6 Å². The zero-order chi connectivity index (χ0) is 22.5. The van der Waals surface area contributed by atoms with Gasteiger partial charge in [-0.25, -0.2) is 4.99 Å². The topological polar surface area (TPSA) is 73.3 Å². The molecule has 2 aromatic rings. The first kappa shape index (κ1) is 27.8. The van der Waals surface area contributed by atoms with Crippen LogP contribution in [0.2, 0.25) is 0 Å². The summed E-state index contributed by atoms with van der Waals surface area (Å²) in [7, 11) is 4.97. The quantitative estimate of drug-likeness (QED) is 0.176. The predicted octanol–water partition coefficient (Wildman–Crippen LogP) is 4.30. The van der Waals surface area contributed by atoms with E-state index < -0.39 is 0 Å². The molecule has 2 rings (SSSR count). The molecule has 2 N–H and O–H groups in total. The van der Waals surface area contributed by atoms with E-state index in [9.17, 15) is 0 Å². The molecule has 0 aliphatic carbocycles. The van der Waals surface area contributed by atoms with E-state index in [1.807, 2.05) is 25.1 Å². The van der Waals surface area contributed by atoms with Crippen LogP contribution in [0.15, 0.2) is 41.4 Å². The number of rotatable bonds is 12. The molecule has 0 fully saturated rings. The number of benzene rings is 2. The van der Waals surface area contributed by atoms with Crippen LogP contribution in [0.5, 0.6) is 17.2 Å². The summed E-state index contributed by atoms with van der Waals surface area (Å²) in [4.78, 5) is 4.72. The van der Waals surface area contributed by atoms with Crippen molar-refractivity contribution in [1.82, 2.24) is 10.6 Å². The van der Waals surface area contributed by atoms with Crippen molar-refractivity contribution in [3.63, 3.8) is 0 Å². The fourth-order valence-electron chi connectivity index (χ4n) is 3.09. The molecule has 0 atom stereocenters. The molecule has 0 unspecified atom stereocenters. The number of hydrogen-bond acceptors (Lipinski definition) is 5. The number of aryl methyl sites for hydroxylation is 1. The van der Waals surface area contributed by atoms with Crippen LogP contribution in [-0.4, -0.2) is 47.0 Å². The molecular weight excluding hydrogens is 521 g/mol. The molecule has 0 radical (unpaired) electrons. The van der Waals surface area contributed by atoms with Crippen molar-refractivity contribution in [3.8, 4) is 17.2 Å². The monoisotopic (exact) mass is 557 g/mol. The molecule has 0 bridgehead atoms. The van der Waals surface area contributed by atoms with Crippen LogP contribution in [0.4, 0.5) is 0 Å². The molecule has 0 spiro atoms. The zero-order valence-corrected chi connectivity index (χ0v) is 22.0. The zero-order valence-electron chi connectivity index (χ0n) is 19.7. The number of halogens is 1. The molecule has 0 saturated heterocycles. The van der Waals surface area contributed by atoms with Gasteiger partial charge in [-0.2, -0.15) is 0 Å². The molecule has 0 aromatic heterocycles. The molecule has 7 nitrogen and oxygen atoms in total. The van der Waals surface area contributed by atoms with Gasteiger partial charge in [-0.05, 0) is 31.5 Å². The second-order valence-electron chi connectivity index (χ2n) is 7.01. The number of nitrogens with one attached hydrogen (secondary N) is 2. The standard InChI is InChI=1S/C24H35N3O4.HI/c1-6-25-24(27-17-20-9-7-10-21(29-4)23(20)30-5)26-16-19-12-11-18(2)15-22(19)31-14-8-13-28-3;/h7,9-12,15H,6,8,13-14,16-17H2,1-5H3,(H2,25,26,27);1H. The Bertz CT molecular complexity index is 846. The van der Waals surface area contributed by atoms with Crippen molar-refractivity contribution in [1.29, 1.82) is 0 Å². The van der Waals surface area contributed by atoms with E-state index in [0.717, 1.165) is 41.4 Å². The van der Waals surface area contributed by atoms with Crippen molar-refractivity contribution in [2.24, 2.45) is 4.99 Å². The van der Waals surface area contributed by atoms with E-state index in [1.54, 1.807) is 21.3 Å². The average molecular weight is 557 g/mol. The van der Waals surface area contributed by atoms with Crippen LogP contribution >= 0.6 is 24.0 Å². The molecule has 0 aliphatic heterocycles. The van der Waals surface area contributed by atoms with Gasteiger partial charge in [0.15, 0.2) is 17.5 Å². The van der Waals surface area contributed by atoms with Gasteiger partial charge in [0, 0.05) is 44.4 Å². The summed E-state index contributed by atoms with van der Waals surface area (Å²) in [6.45, 7) is 7.23. The molecular formula is C24H36IN3O4. The van der Waals surface area contributed by atoms with E-state index in [0.29, 0.717) is 37.8 Å². The normalized spacial score (nSPS) is 10.8. The Labute approximate surface area is 208 Å². The first-order valence-corrected chi connectivity index (χ1v) is 10.6. The Kier molecular flexibility index (Phi) is 13.5. The maximum absolute atomic E-state index is 5.99. The number of nitrogens with zero attached hydrogens (tertiary/aromatic N) is 1. The first-order valence-electron chi connectivity index (χ1n) is 10.6. The van der Waals surface area contributed by atoms with Crippen molar-refractivity contribution < 1.29 is 18.9 Å². The van der Waals surface area contributed by atoms with Crippen LogP contribution in [-0.2, 0) is 17.8 Å². The Morgan fingerprint density at radius 3 is 2.44 bits per heavy atom. The number of para-hydroxylation sites is 1. The largest absolute Gasteiger partial charge is 0.493 e. The highest BCUT2D eigenvalue weighted by molar-refractivity contribution is 14.0. The van der Waals surface area contributed by atoms with Gasteiger partial charge in [0.2, 0.25) is 0 Å². The lowest BCUT2D eigenvalue weighted by Crippen LogP contribution is -2.36. The lowest BCUT2D eigenvalue weighted by atomic mass is 10.1. The van der Waals surface area contributed by atoms with Crippen LogP contribution in [0.25, 0.3) is 0 Å². The number of methoxy groups -OCH3 is 3. The van der Waals surface area contributed by atoms with E-state index in [4.69, 9.17) is 23.9 Å². The highest BCUT2D eigenvalue weighted by Crippen LogP contribution is 2.31. The number of hydrogen-bond donors (Lipinski definition) is 2. The Morgan fingerprint density at radius 2 is 1.75 bits per heavy atom. The average Bonchev–Trinajstić information content (AvgIpc) is 2.79. The lowest BCUT2D eigenvalue weighted by molar-refractivity contribution is 0.171. The molecule has 0 amide bonds. The fourth-order valence-corrected chi connectivity index (χ4v) is 3.09. The van der Waals surface area contributed by atoms with Gasteiger partial charge in [0.25, 0.3) is 0 Å². The minimum Gasteiger partial charge on any atom is -0.493 e. The summed E-state index contributed by atoms with van der Waals surface area (Å²) in [5, 5.41) is 6.69. The highest BCUT2D eigenvalue weighted by atomic mass is 127. The number of aliphatic imine (C=N–C) groups is 1. The van der Waals surface area contributed by atoms with Crippen LogP contribution < -0.4 is 24.8 Å². The second kappa shape index (κ2) is 15.6. The summed E-state index contributed by atoms with van der Waals surface area (Å²) < 4.78 is 22.0. The summed E-state index contributed by atoms with van der Waals surface area (Å²) in [5.41, 5.74) is 3.19. The fraction of sp³-hybridized carbons (Fsp3) is 0.458. The van der Waals surface area contributed by atoms with E-state index >= 15 is 0 Å². The summed E-state index contributed by atoms with van der Waals surface area (Å²) in [5.74, 6) is 3.00. The number of guanidine groups is 1. The molecule has 0 saturated carbocycles. The molecule has 2 aromatic carbocycles. The number of ether oxygens (including phenoxy) is 4. The maximum Gasteiger partial charge on any atom is 0.191 e. The van der Waals surface area contributed by atoms with Crippen molar-refractivity contribution in [2.45, 2.75) is 33.4 Å². The molecule has 0 aliphatic rings. The van der Waals surface area contributed by atoms with E-state index in [-0.39, 0.29) is 24.0 Å². The van der Waals surface area contributed by atoms with Crippen molar-refractivity contribution >= 4 is 29.9 Å². The third-order valence-corrected chi connectivity index (χ3v) is 4.66. The van der Waals surface area contributed by atoms with Crippen molar-refractivity contribution in [2.75, 3.05) is 41.1 Å². The smallest absolute Gasteiger partial charge is 0.191 e. The highest BCUT2D eigenvalue weighted by Gasteiger charge is 2.10. The summed E-state index contributed by atoms with van der Waals surface area (Å²) in [6, 6.07) is 12.0. The minimum atomic E-state index is 0. The van der Waals surface area contributed by atoms with Crippen LogP contribution in [0.3, 0.4) is 0 Å². The molecule has 178 valence electrons. The molecule has 0 heterocycles. The van der Waals surface area contributed by atoms with Crippen LogP contribution in [0, 0.1) is 6.92 Å². The lowest BCUT2D eigenvalue weighted by Gasteiger charge is -2.16. The maximum atomic E-state index is 5.99. The van der Waals surface area contributed by atoms with Gasteiger partial charge in [-0.3, -0.25) is 0 Å². The van der Waals surface area contributed by atoms with Gasteiger partial charge >= 0.3 is 0 Å². The molecule has 32 heavy (non-hydrogen) atoms. The molecule has 8 heteroatoms. The van der Waals surface area contributed by atoms with Crippen molar-refractivity contribution in [3.05, 3.63) is 53.1 Å². The Hall–Kier alpha value is -2.20. The summed E-state index contributed by atoms with van der Waals surface area (Å²) >= 11 is 0. The second-order valence-corrected chi connectivity index (χ2v) is 7.01. The predicted molar refractivity (Wildman–Crippen MR) is 140 cm³/mol. The van der Waals surface area contributed by atoms with Crippen LogP contribution in [0.1, 0.15) is 30.0 Å².